The van der Waals surface area contributed by atoms with Gasteiger partial charge in [0.15, 0.2) is 0 Å². The molecule has 5 heteroatoms. The fourth-order valence-electron chi connectivity index (χ4n) is 1.84. The van der Waals surface area contributed by atoms with Crippen LogP contribution in [0.4, 0.5) is 4.79 Å². The summed E-state index contributed by atoms with van der Waals surface area (Å²) < 4.78 is 0. The molecule has 0 unspecified atom stereocenters. The van der Waals surface area contributed by atoms with Gasteiger partial charge in [-0.3, -0.25) is 4.98 Å². The molecule has 0 spiro atoms. The standard InChI is InChI=1S/C15H16ClN3O/c1-11(13-6-2-3-7-14(13)16)19-15(20)18-10-12-5-4-8-17-9-12/h2-9,11H,10H2,1H3,(H2,18,19,20)/t11-/m1/s1. The molecule has 0 radical (unpaired) electrons. The van der Waals surface area contributed by atoms with Crippen LogP contribution in [0, 0.1) is 0 Å². The third-order valence-corrected chi connectivity index (χ3v) is 3.24. The molecular weight excluding hydrogens is 274 g/mol. The van der Waals surface area contributed by atoms with Gasteiger partial charge in [0, 0.05) is 24.0 Å². The van der Waals surface area contributed by atoms with Crippen molar-refractivity contribution in [2.75, 3.05) is 0 Å². The van der Waals surface area contributed by atoms with Crippen LogP contribution >= 0.6 is 11.6 Å². The largest absolute Gasteiger partial charge is 0.334 e. The Kier molecular flexibility index (Phi) is 4.96. The third kappa shape index (κ3) is 3.96. The number of pyridine rings is 1. The van der Waals surface area contributed by atoms with Crippen molar-refractivity contribution >= 4 is 17.6 Å². The predicted octanol–water partition coefficient (Wildman–Crippen LogP) is 3.30. The highest BCUT2D eigenvalue weighted by atomic mass is 35.5. The Morgan fingerprint density at radius 3 is 2.80 bits per heavy atom. The lowest BCUT2D eigenvalue weighted by Crippen LogP contribution is -2.36. The molecule has 0 aliphatic rings. The number of carbonyl (C=O) groups excluding carboxylic acids is 1. The van der Waals surface area contributed by atoms with Crippen molar-refractivity contribution in [3.8, 4) is 0 Å². The van der Waals surface area contributed by atoms with Crippen molar-refractivity contribution in [1.82, 2.24) is 15.6 Å². The van der Waals surface area contributed by atoms with Crippen LogP contribution in [0.5, 0.6) is 0 Å². The molecule has 2 N–H and O–H groups in total. The number of carbonyl (C=O) groups is 1. The first-order valence-corrected chi connectivity index (χ1v) is 6.72. The van der Waals surface area contributed by atoms with Crippen molar-refractivity contribution in [3.05, 3.63) is 64.9 Å². The van der Waals surface area contributed by atoms with E-state index in [0.717, 1.165) is 11.1 Å². The second kappa shape index (κ2) is 6.91. The first kappa shape index (κ1) is 14.3. The van der Waals surface area contributed by atoms with Gasteiger partial charge in [-0.1, -0.05) is 35.9 Å². The minimum atomic E-state index is -0.235. The lowest BCUT2D eigenvalue weighted by molar-refractivity contribution is 0.237. The molecule has 2 amide bonds. The van der Waals surface area contributed by atoms with Crippen molar-refractivity contribution < 1.29 is 4.79 Å². The summed E-state index contributed by atoms with van der Waals surface area (Å²) in [5, 5.41) is 6.28. The van der Waals surface area contributed by atoms with Crippen molar-refractivity contribution in [2.24, 2.45) is 0 Å². The molecule has 0 aliphatic heterocycles. The van der Waals surface area contributed by atoms with Crippen LogP contribution in [0.1, 0.15) is 24.1 Å². The molecule has 2 rings (SSSR count). The van der Waals surface area contributed by atoms with E-state index in [-0.39, 0.29) is 12.1 Å². The zero-order valence-electron chi connectivity index (χ0n) is 11.1. The van der Waals surface area contributed by atoms with Gasteiger partial charge in [-0.25, -0.2) is 4.79 Å². The maximum atomic E-state index is 11.8. The van der Waals surface area contributed by atoms with E-state index in [1.54, 1.807) is 12.4 Å². The Hall–Kier alpha value is -2.07. The Morgan fingerprint density at radius 2 is 2.10 bits per heavy atom. The zero-order chi connectivity index (χ0) is 14.4. The predicted molar refractivity (Wildman–Crippen MR) is 79.5 cm³/mol. The number of benzene rings is 1. The van der Waals surface area contributed by atoms with Crippen LogP contribution in [0.15, 0.2) is 48.8 Å². The molecule has 1 aromatic heterocycles. The topological polar surface area (TPSA) is 54.0 Å². The molecule has 2 aromatic rings. The number of amides is 2. The van der Waals surface area contributed by atoms with Crippen LogP contribution in [-0.4, -0.2) is 11.0 Å². The number of aromatic nitrogens is 1. The van der Waals surface area contributed by atoms with Gasteiger partial charge in [0.25, 0.3) is 0 Å². The summed E-state index contributed by atoms with van der Waals surface area (Å²) in [6, 6.07) is 10.8. The maximum Gasteiger partial charge on any atom is 0.315 e. The molecule has 4 nitrogen and oxygen atoms in total. The Labute approximate surface area is 123 Å². The molecule has 104 valence electrons. The van der Waals surface area contributed by atoms with Crippen LogP contribution in [0.25, 0.3) is 0 Å². The van der Waals surface area contributed by atoms with E-state index in [0.29, 0.717) is 11.6 Å². The number of urea groups is 1. The number of nitrogens with zero attached hydrogens (tertiary/aromatic N) is 1. The Bertz CT molecular complexity index is 574. The average Bonchev–Trinajstić information content (AvgIpc) is 2.46. The van der Waals surface area contributed by atoms with Crippen LogP contribution in [0.3, 0.4) is 0 Å². The van der Waals surface area contributed by atoms with Gasteiger partial charge < -0.3 is 10.6 Å². The average molecular weight is 290 g/mol. The summed E-state index contributed by atoms with van der Waals surface area (Å²) in [7, 11) is 0. The number of hydrogen-bond acceptors (Lipinski definition) is 2. The summed E-state index contributed by atoms with van der Waals surface area (Å²) in [6.07, 6.45) is 3.42. The highest BCUT2D eigenvalue weighted by Crippen LogP contribution is 2.21. The molecule has 0 fully saturated rings. The van der Waals surface area contributed by atoms with E-state index in [2.05, 4.69) is 15.6 Å². The summed E-state index contributed by atoms with van der Waals surface area (Å²) >= 11 is 6.10. The minimum Gasteiger partial charge on any atom is -0.334 e. The van der Waals surface area contributed by atoms with Crippen molar-refractivity contribution in [3.63, 3.8) is 0 Å². The third-order valence-electron chi connectivity index (χ3n) is 2.90. The zero-order valence-corrected chi connectivity index (χ0v) is 11.9. The highest BCUT2D eigenvalue weighted by Gasteiger charge is 2.11. The summed E-state index contributed by atoms with van der Waals surface area (Å²) in [5.74, 6) is 0. The van der Waals surface area contributed by atoms with E-state index in [9.17, 15) is 4.79 Å². The highest BCUT2D eigenvalue weighted by molar-refractivity contribution is 6.31. The fourth-order valence-corrected chi connectivity index (χ4v) is 2.14. The smallest absolute Gasteiger partial charge is 0.315 e. The lowest BCUT2D eigenvalue weighted by Gasteiger charge is -2.16. The normalized spacial score (nSPS) is 11.7. The van der Waals surface area contributed by atoms with Gasteiger partial charge in [0.05, 0.1) is 6.04 Å². The van der Waals surface area contributed by atoms with E-state index < -0.39 is 0 Å². The van der Waals surface area contributed by atoms with Gasteiger partial charge in [-0.05, 0) is 30.2 Å². The Morgan fingerprint density at radius 1 is 1.30 bits per heavy atom. The first-order valence-electron chi connectivity index (χ1n) is 6.34. The quantitative estimate of drug-likeness (QED) is 0.907. The van der Waals surface area contributed by atoms with Gasteiger partial charge in [0.2, 0.25) is 0 Å². The van der Waals surface area contributed by atoms with Crippen molar-refractivity contribution in [2.45, 2.75) is 19.5 Å². The summed E-state index contributed by atoms with van der Waals surface area (Å²) in [4.78, 5) is 15.8. The van der Waals surface area contributed by atoms with Gasteiger partial charge in [0.1, 0.15) is 0 Å². The summed E-state index contributed by atoms with van der Waals surface area (Å²) in [5.41, 5.74) is 1.85. The molecule has 1 aromatic carbocycles. The molecule has 1 heterocycles. The van der Waals surface area contributed by atoms with Crippen LogP contribution in [-0.2, 0) is 6.54 Å². The molecule has 0 aliphatic carbocycles. The number of hydrogen-bond donors (Lipinski definition) is 2. The molecule has 1 atom stereocenters. The molecular formula is C15H16ClN3O. The Balaban J connectivity index is 1.87. The van der Waals surface area contributed by atoms with Gasteiger partial charge in [-0.15, -0.1) is 0 Å². The number of rotatable bonds is 4. The van der Waals surface area contributed by atoms with Gasteiger partial charge in [-0.2, -0.15) is 0 Å². The second-order valence-corrected chi connectivity index (χ2v) is 4.84. The number of nitrogens with one attached hydrogen (secondary N) is 2. The van der Waals surface area contributed by atoms with Crippen molar-refractivity contribution in [1.29, 1.82) is 0 Å². The lowest BCUT2D eigenvalue weighted by atomic mass is 10.1. The van der Waals surface area contributed by atoms with E-state index in [1.165, 1.54) is 0 Å². The molecule has 0 saturated heterocycles. The first-order chi connectivity index (χ1) is 9.66. The van der Waals surface area contributed by atoms with E-state index >= 15 is 0 Å². The summed E-state index contributed by atoms with van der Waals surface area (Å²) in [6.45, 7) is 2.33. The van der Waals surface area contributed by atoms with Crippen LogP contribution < -0.4 is 10.6 Å². The van der Waals surface area contributed by atoms with E-state index in [4.69, 9.17) is 11.6 Å². The molecule has 0 bridgehead atoms. The van der Waals surface area contributed by atoms with E-state index in [1.807, 2.05) is 43.3 Å². The minimum absolute atomic E-state index is 0.155. The van der Waals surface area contributed by atoms with Gasteiger partial charge >= 0.3 is 6.03 Å². The monoisotopic (exact) mass is 289 g/mol. The second-order valence-electron chi connectivity index (χ2n) is 4.43. The molecule has 0 saturated carbocycles. The van der Waals surface area contributed by atoms with Crippen LogP contribution in [0.2, 0.25) is 5.02 Å². The SMILES string of the molecule is C[C@@H](NC(=O)NCc1cccnc1)c1ccccc1Cl. The fraction of sp³-hybridized carbons (Fsp3) is 0.200. The molecule has 20 heavy (non-hydrogen) atoms. The number of halogens is 1. The maximum absolute atomic E-state index is 11.8.